The fourth-order valence-corrected chi connectivity index (χ4v) is 2.30. The quantitative estimate of drug-likeness (QED) is 0.441. The van der Waals surface area contributed by atoms with E-state index >= 15 is 0 Å². The van der Waals surface area contributed by atoms with Crippen molar-refractivity contribution in [2.45, 2.75) is 19.8 Å². The van der Waals surface area contributed by atoms with Gasteiger partial charge in [-0.3, -0.25) is 9.78 Å². The van der Waals surface area contributed by atoms with E-state index in [-0.39, 0.29) is 24.1 Å². The monoisotopic (exact) mass is 333 g/mol. The lowest BCUT2D eigenvalue weighted by Gasteiger charge is -2.20. The number of anilines is 1. The topological polar surface area (TPSA) is 99.8 Å². The Morgan fingerprint density at radius 2 is 2.39 bits per heavy atom. The van der Waals surface area contributed by atoms with Gasteiger partial charge in [0, 0.05) is 30.6 Å². The molecular formula is C14H16ClN7O. The maximum atomic E-state index is 12.3. The summed E-state index contributed by atoms with van der Waals surface area (Å²) in [4.78, 5) is 20.6. The number of halogens is 1. The Bertz CT molecular complexity index is 709. The van der Waals surface area contributed by atoms with Gasteiger partial charge in [0.15, 0.2) is 5.15 Å². The molecule has 0 N–H and O–H groups in total. The number of pyridine rings is 1. The molecular weight excluding hydrogens is 318 g/mol. The molecule has 2 heterocycles. The van der Waals surface area contributed by atoms with Crippen LogP contribution in [0.25, 0.3) is 16.1 Å². The van der Waals surface area contributed by atoms with E-state index in [9.17, 15) is 4.79 Å². The average molecular weight is 334 g/mol. The number of carbonyl (C=O) groups is 1. The molecule has 0 saturated carbocycles. The third-order valence-electron chi connectivity index (χ3n) is 3.10. The van der Waals surface area contributed by atoms with Crippen LogP contribution in [0.3, 0.4) is 0 Å². The fraction of sp³-hybridized carbons (Fsp3) is 0.357. The number of aromatic nitrogens is 3. The van der Waals surface area contributed by atoms with Gasteiger partial charge in [-0.15, -0.1) is 0 Å². The lowest BCUT2D eigenvalue weighted by Crippen LogP contribution is -2.32. The molecule has 2 aromatic rings. The molecule has 23 heavy (non-hydrogen) atoms. The van der Waals surface area contributed by atoms with E-state index in [0.717, 1.165) is 5.69 Å². The van der Waals surface area contributed by atoms with Crippen molar-refractivity contribution in [2.24, 2.45) is 5.11 Å². The van der Waals surface area contributed by atoms with Crippen molar-refractivity contribution in [3.05, 3.63) is 46.3 Å². The van der Waals surface area contributed by atoms with Crippen LogP contribution in [0.1, 0.15) is 19.8 Å². The Labute approximate surface area is 138 Å². The highest BCUT2D eigenvalue weighted by molar-refractivity contribution is 6.32. The van der Waals surface area contributed by atoms with Crippen molar-refractivity contribution in [1.82, 2.24) is 14.8 Å². The number of carbonyl (C=O) groups excluding carboxylic acids is 1. The van der Waals surface area contributed by atoms with Crippen LogP contribution < -0.4 is 4.90 Å². The van der Waals surface area contributed by atoms with Crippen LogP contribution in [0.2, 0.25) is 5.15 Å². The van der Waals surface area contributed by atoms with Gasteiger partial charge in [-0.05, 0) is 24.1 Å². The van der Waals surface area contributed by atoms with Crippen molar-refractivity contribution >= 4 is 23.2 Å². The molecule has 0 saturated heterocycles. The molecule has 2 aromatic heterocycles. The molecule has 0 fully saturated rings. The number of amides is 1. The summed E-state index contributed by atoms with van der Waals surface area (Å²) in [5, 5.41) is 7.91. The minimum absolute atomic E-state index is 0.0896. The second-order valence-corrected chi connectivity index (χ2v) is 5.07. The van der Waals surface area contributed by atoms with E-state index in [1.54, 1.807) is 29.3 Å². The van der Waals surface area contributed by atoms with Gasteiger partial charge >= 0.3 is 0 Å². The second kappa shape index (κ2) is 8.17. The van der Waals surface area contributed by atoms with Gasteiger partial charge in [0.2, 0.25) is 5.91 Å². The van der Waals surface area contributed by atoms with Crippen molar-refractivity contribution in [3.8, 4) is 5.69 Å². The fourth-order valence-electron chi connectivity index (χ4n) is 2.06. The molecule has 0 atom stereocenters. The van der Waals surface area contributed by atoms with Crippen LogP contribution in [0, 0.1) is 0 Å². The van der Waals surface area contributed by atoms with Crippen LogP contribution in [0.4, 0.5) is 5.69 Å². The van der Waals surface area contributed by atoms with Crippen LogP contribution in [0.15, 0.2) is 35.8 Å². The maximum absolute atomic E-state index is 12.3. The van der Waals surface area contributed by atoms with Crippen molar-refractivity contribution < 1.29 is 4.79 Å². The van der Waals surface area contributed by atoms with Crippen LogP contribution in [-0.4, -0.2) is 33.8 Å². The first-order valence-corrected chi connectivity index (χ1v) is 7.52. The lowest BCUT2D eigenvalue weighted by molar-refractivity contribution is -0.118. The SMILES string of the molecule is CCCC(=O)N(CCN=[N+]=[N-])c1cn(-c2cccnc2)nc1Cl. The molecule has 0 radical (unpaired) electrons. The molecule has 8 nitrogen and oxygen atoms in total. The zero-order chi connectivity index (χ0) is 16.7. The van der Waals surface area contributed by atoms with Crippen LogP contribution in [0.5, 0.6) is 0 Å². The lowest BCUT2D eigenvalue weighted by atomic mass is 10.3. The minimum atomic E-state index is -0.0896. The van der Waals surface area contributed by atoms with Gasteiger partial charge in [-0.25, -0.2) is 4.68 Å². The van der Waals surface area contributed by atoms with E-state index in [1.165, 1.54) is 4.90 Å². The Kier molecular flexibility index (Phi) is 5.96. The predicted molar refractivity (Wildman–Crippen MR) is 87.6 cm³/mol. The Morgan fingerprint density at radius 1 is 1.57 bits per heavy atom. The van der Waals surface area contributed by atoms with Crippen molar-refractivity contribution in [2.75, 3.05) is 18.0 Å². The summed E-state index contributed by atoms with van der Waals surface area (Å²) in [6.45, 7) is 2.34. The third-order valence-corrected chi connectivity index (χ3v) is 3.37. The standard InChI is InChI=1S/C14H16ClN7O/c1-2-4-13(23)21(8-7-18-20-16)12-10-22(19-14(12)15)11-5-3-6-17-9-11/h3,5-6,9-10H,2,4,7-8H2,1H3. The Hall–Kier alpha value is -2.57. The van der Waals surface area contributed by atoms with Crippen molar-refractivity contribution in [3.63, 3.8) is 0 Å². The Morgan fingerprint density at radius 3 is 3.04 bits per heavy atom. The third kappa shape index (κ3) is 4.21. The smallest absolute Gasteiger partial charge is 0.227 e. The highest BCUT2D eigenvalue weighted by Crippen LogP contribution is 2.26. The van der Waals surface area contributed by atoms with Gasteiger partial charge in [-0.1, -0.05) is 23.6 Å². The summed E-state index contributed by atoms with van der Waals surface area (Å²) >= 11 is 6.20. The number of azide groups is 1. The number of nitrogens with zero attached hydrogens (tertiary/aromatic N) is 7. The van der Waals surface area contributed by atoms with Gasteiger partial charge in [0.1, 0.15) is 5.69 Å². The average Bonchev–Trinajstić information content (AvgIpc) is 2.94. The summed E-state index contributed by atoms with van der Waals surface area (Å²) in [6, 6.07) is 3.62. The highest BCUT2D eigenvalue weighted by Gasteiger charge is 2.20. The highest BCUT2D eigenvalue weighted by atomic mass is 35.5. The second-order valence-electron chi connectivity index (χ2n) is 4.71. The maximum Gasteiger partial charge on any atom is 0.227 e. The first-order chi connectivity index (χ1) is 11.2. The zero-order valence-electron chi connectivity index (χ0n) is 12.6. The molecule has 120 valence electrons. The summed E-state index contributed by atoms with van der Waals surface area (Å²) in [5.41, 5.74) is 9.63. The molecule has 0 unspecified atom stereocenters. The van der Waals surface area contributed by atoms with Gasteiger partial charge in [-0.2, -0.15) is 5.10 Å². The molecule has 1 amide bonds. The molecule has 0 aliphatic carbocycles. The van der Waals surface area contributed by atoms with E-state index in [4.69, 9.17) is 17.1 Å². The number of hydrogen-bond acceptors (Lipinski definition) is 4. The van der Waals surface area contributed by atoms with E-state index in [1.807, 2.05) is 13.0 Å². The summed E-state index contributed by atoms with van der Waals surface area (Å²) in [6.07, 6.45) is 6.07. The van der Waals surface area contributed by atoms with E-state index in [0.29, 0.717) is 18.5 Å². The van der Waals surface area contributed by atoms with Gasteiger partial charge < -0.3 is 4.90 Å². The van der Waals surface area contributed by atoms with Crippen LogP contribution >= 0.6 is 11.6 Å². The van der Waals surface area contributed by atoms with Gasteiger partial charge in [0.25, 0.3) is 0 Å². The number of hydrogen-bond donors (Lipinski definition) is 0. The number of rotatable bonds is 7. The molecule has 9 heteroatoms. The molecule has 0 aromatic carbocycles. The van der Waals surface area contributed by atoms with Gasteiger partial charge in [0.05, 0.1) is 18.1 Å². The summed E-state index contributed by atoms with van der Waals surface area (Å²) in [5.74, 6) is -0.0896. The summed E-state index contributed by atoms with van der Waals surface area (Å²) < 4.78 is 1.56. The van der Waals surface area contributed by atoms with Crippen molar-refractivity contribution in [1.29, 1.82) is 0 Å². The zero-order valence-corrected chi connectivity index (χ0v) is 13.4. The summed E-state index contributed by atoms with van der Waals surface area (Å²) in [7, 11) is 0. The first kappa shape index (κ1) is 16.8. The first-order valence-electron chi connectivity index (χ1n) is 7.14. The van der Waals surface area contributed by atoms with E-state index in [2.05, 4.69) is 20.1 Å². The molecule has 0 spiro atoms. The predicted octanol–water partition coefficient (Wildman–Crippen LogP) is 3.36. The Balaban J connectivity index is 2.32. The minimum Gasteiger partial charge on any atom is -0.308 e. The largest absolute Gasteiger partial charge is 0.308 e. The molecule has 0 aliphatic rings. The molecule has 0 bridgehead atoms. The molecule has 0 aliphatic heterocycles. The van der Waals surface area contributed by atoms with Crippen LogP contribution in [-0.2, 0) is 4.79 Å². The normalized spacial score (nSPS) is 10.2. The van der Waals surface area contributed by atoms with E-state index < -0.39 is 0 Å². The molecule has 2 rings (SSSR count).